The van der Waals surface area contributed by atoms with Crippen LogP contribution < -0.4 is 18.9 Å². The normalized spacial score (nSPS) is 20.3. The minimum Gasteiger partial charge on any atom is -0.459 e. The Labute approximate surface area is 480 Å². The molecule has 6 unspecified atom stereocenters. The van der Waals surface area contributed by atoms with Crippen molar-refractivity contribution in [2.24, 2.45) is 0 Å². The zero-order chi connectivity index (χ0) is 63.7. The second-order valence-corrected chi connectivity index (χ2v) is 20.2. The lowest BCUT2D eigenvalue weighted by atomic mass is 10.2. The third-order valence-electron chi connectivity index (χ3n) is 10.7. The number of rotatable bonds is 14. The van der Waals surface area contributed by atoms with Crippen LogP contribution in [0.15, 0.2) is 121 Å². The summed E-state index contributed by atoms with van der Waals surface area (Å²) in [6.07, 6.45) is -13.2. The number of carbonyl (C=O) groups is 6. The van der Waals surface area contributed by atoms with Gasteiger partial charge in [-0.25, -0.2) is 80.2 Å². The Morgan fingerprint density at radius 3 is 0.759 bits per heavy atom. The summed E-state index contributed by atoms with van der Waals surface area (Å²) in [6, 6.07) is 33.3. The van der Waals surface area contributed by atoms with Gasteiger partial charge in [0, 0.05) is 0 Å². The molecule has 6 aromatic carbocycles. The first-order valence-corrected chi connectivity index (χ1v) is 27.2. The SMILES string of the molecule is O=C(OCc1ccccc1)C1OS(=O)(=O)OC1C(=O)OCc1ccccc1.O=C(Oc1c(F)c(F)c(F)c(F)c1F)C1OS(=O)(=O)OC1C(=O)Oc1c(F)c(F)c(F)c(F)c1F.O=C(Oc1ccccc1)C1OS(=O)(=O)OC1C(=O)Oc1ccccc1. The Balaban J connectivity index is 0.000000190. The van der Waals surface area contributed by atoms with Gasteiger partial charge >= 0.3 is 67.0 Å². The van der Waals surface area contributed by atoms with Crippen LogP contribution in [0.1, 0.15) is 11.1 Å². The van der Waals surface area contributed by atoms with E-state index >= 15 is 0 Å². The summed E-state index contributed by atoms with van der Waals surface area (Å²) in [5.41, 5.74) is 1.38. The Bertz CT molecular complexity index is 3660. The van der Waals surface area contributed by atoms with E-state index in [2.05, 4.69) is 34.6 Å². The molecule has 0 aliphatic carbocycles. The fourth-order valence-electron chi connectivity index (χ4n) is 6.72. The van der Waals surface area contributed by atoms with Gasteiger partial charge in [-0.1, -0.05) is 97.1 Å². The molecule has 3 aliphatic rings. The van der Waals surface area contributed by atoms with Crippen LogP contribution in [0.4, 0.5) is 43.9 Å². The largest absolute Gasteiger partial charge is 0.459 e. The van der Waals surface area contributed by atoms with Gasteiger partial charge in [0.2, 0.25) is 106 Å². The van der Waals surface area contributed by atoms with Crippen LogP contribution in [-0.4, -0.2) is 97.7 Å². The van der Waals surface area contributed by atoms with E-state index in [-0.39, 0.29) is 24.7 Å². The standard InChI is InChI=1S/C18H16O8S.C16H2F10O8S.C16H12O8S/c19-17(23-11-13-7-3-1-4-8-13)15-16(26-27(21,22)25-15)18(20)24-12-14-9-5-2-6-10-14;17-1-3(19)7(23)11(8(24)4(1)20)31-15(27)13-14(34-35(29,30)33-13)16(28)32-12-9(25)5(21)2(18)6(22)10(12)26;17-15(21-11-7-3-1-4-8-11)13-14(24-25(19,20)23-13)16(18)22-12-9-5-2-6-10-12/h1-10,15-16H,11-12H2;13-14H;1-10,13-14H. The number of hydrogen-bond donors (Lipinski definition) is 0. The number of halogens is 10. The van der Waals surface area contributed by atoms with Gasteiger partial charge in [0.1, 0.15) is 24.7 Å². The highest BCUT2D eigenvalue weighted by Gasteiger charge is 2.54. The van der Waals surface area contributed by atoms with E-state index in [4.69, 9.17) is 18.9 Å². The molecule has 0 saturated carbocycles. The number of para-hydroxylation sites is 2. The third kappa shape index (κ3) is 16.3. The van der Waals surface area contributed by atoms with Gasteiger partial charge in [-0.2, -0.15) is 42.8 Å². The predicted molar refractivity (Wildman–Crippen MR) is 256 cm³/mol. The number of benzene rings is 6. The average molecular weight is 1300 g/mol. The number of hydrogen-bond acceptors (Lipinski definition) is 24. The highest BCUT2D eigenvalue weighted by Crippen LogP contribution is 2.34. The summed E-state index contributed by atoms with van der Waals surface area (Å²) in [5, 5.41) is 0. The highest BCUT2D eigenvalue weighted by atomic mass is 32.3. The molecule has 87 heavy (non-hydrogen) atoms. The molecule has 9 rings (SSSR count). The Morgan fingerprint density at radius 2 is 0.506 bits per heavy atom. The lowest BCUT2D eigenvalue weighted by Gasteiger charge is -2.15. The van der Waals surface area contributed by atoms with E-state index in [0.717, 1.165) is 0 Å². The molecule has 37 heteroatoms. The van der Waals surface area contributed by atoms with Crippen LogP contribution in [-0.2, 0) is 108 Å². The summed E-state index contributed by atoms with van der Waals surface area (Å²) >= 11 is 0. The van der Waals surface area contributed by atoms with Crippen LogP contribution in [0.3, 0.4) is 0 Å². The Morgan fingerprint density at radius 1 is 0.299 bits per heavy atom. The smallest absolute Gasteiger partial charge is 0.401 e. The summed E-state index contributed by atoms with van der Waals surface area (Å²) in [6.45, 7) is -0.212. The summed E-state index contributed by atoms with van der Waals surface area (Å²) in [5.74, 6) is -40.0. The van der Waals surface area contributed by atoms with Crippen molar-refractivity contribution in [3.63, 3.8) is 0 Å². The van der Waals surface area contributed by atoms with Crippen LogP contribution >= 0.6 is 0 Å². The van der Waals surface area contributed by atoms with Gasteiger partial charge in [-0.3, -0.25) is 0 Å². The van der Waals surface area contributed by atoms with Gasteiger partial charge in [0.15, 0.2) is 0 Å². The van der Waals surface area contributed by atoms with Gasteiger partial charge in [-0.15, -0.1) is 0 Å². The molecule has 24 nitrogen and oxygen atoms in total. The molecule has 0 amide bonds. The molecule has 3 heterocycles. The molecular formula is C50H30F10O24S3. The minimum absolute atomic E-state index is 0.106. The second-order valence-electron chi connectivity index (χ2n) is 16.6. The number of carbonyl (C=O) groups excluding carboxylic acids is 6. The molecule has 0 spiro atoms. The van der Waals surface area contributed by atoms with E-state index in [9.17, 15) is 97.9 Å². The monoisotopic (exact) mass is 1300 g/mol. The van der Waals surface area contributed by atoms with E-state index < -0.39 is 173 Å². The summed E-state index contributed by atoms with van der Waals surface area (Å²) < 4.78 is 257. The zero-order valence-electron chi connectivity index (χ0n) is 42.2. The van der Waals surface area contributed by atoms with Crippen LogP contribution in [0, 0.1) is 58.2 Å². The summed E-state index contributed by atoms with van der Waals surface area (Å²) in [4.78, 5) is 72.9. The Hall–Kier alpha value is -8.95. The van der Waals surface area contributed by atoms with Gasteiger partial charge in [0.25, 0.3) is 0 Å². The molecule has 0 N–H and O–H groups in total. The maximum atomic E-state index is 13.7. The van der Waals surface area contributed by atoms with Gasteiger partial charge in [-0.05, 0) is 35.4 Å². The van der Waals surface area contributed by atoms with E-state index in [0.29, 0.717) is 11.1 Å². The van der Waals surface area contributed by atoms with Crippen molar-refractivity contribution in [2.45, 2.75) is 49.8 Å². The van der Waals surface area contributed by atoms with Crippen LogP contribution in [0.5, 0.6) is 23.0 Å². The quantitative estimate of drug-likeness (QED) is 0.0436. The number of ether oxygens (including phenoxy) is 6. The van der Waals surface area contributed by atoms with Crippen molar-refractivity contribution in [2.75, 3.05) is 0 Å². The molecule has 3 fully saturated rings. The molecule has 462 valence electrons. The highest BCUT2D eigenvalue weighted by molar-refractivity contribution is 7.82. The third-order valence-corrected chi connectivity index (χ3v) is 13.3. The predicted octanol–water partition coefficient (Wildman–Crippen LogP) is 5.35. The maximum Gasteiger partial charge on any atom is 0.401 e. The molecule has 6 atom stereocenters. The lowest BCUT2D eigenvalue weighted by molar-refractivity contribution is -0.165. The van der Waals surface area contributed by atoms with Crippen molar-refractivity contribution >= 4 is 67.0 Å². The molecule has 3 saturated heterocycles. The van der Waals surface area contributed by atoms with Crippen molar-refractivity contribution in [3.05, 3.63) is 191 Å². The molecule has 0 bridgehead atoms. The van der Waals surface area contributed by atoms with E-state index in [1.54, 1.807) is 97.1 Å². The molecule has 6 aromatic rings. The first-order chi connectivity index (χ1) is 41.0. The van der Waals surface area contributed by atoms with Crippen molar-refractivity contribution in [1.29, 1.82) is 0 Å². The maximum absolute atomic E-state index is 13.7. The zero-order valence-corrected chi connectivity index (χ0v) is 44.7. The van der Waals surface area contributed by atoms with Crippen LogP contribution in [0.25, 0.3) is 0 Å². The van der Waals surface area contributed by atoms with E-state index in [1.807, 2.05) is 0 Å². The Kier molecular flexibility index (Phi) is 20.8. The fraction of sp³-hybridized carbons (Fsp3) is 0.160. The number of esters is 6. The molecule has 0 aromatic heterocycles. The van der Waals surface area contributed by atoms with Crippen molar-refractivity contribution in [1.82, 2.24) is 0 Å². The van der Waals surface area contributed by atoms with Crippen LogP contribution in [0.2, 0.25) is 0 Å². The molecular weight excluding hydrogens is 1270 g/mol. The minimum atomic E-state index is -5.40. The topological polar surface area (TPSA) is 316 Å². The van der Waals surface area contributed by atoms with Crippen molar-refractivity contribution in [3.8, 4) is 23.0 Å². The molecule has 0 radical (unpaired) electrons. The van der Waals surface area contributed by atoms with E-state index in [1.165, 1.54) is 24.3 Å². The lowest BCUT2D eigenvalue weighted by Crippen LogP contribution is -2.42. The first kappa shape index (κ1) is 65.6. The van der Waals surface area contributed by atoms with Gasteiger partial charge in [0.05, 0.1) is 0 Å². The fourth-order valence-corrected chi connectivity index (χ4v) is 9.46. The molecule has 3 aliphatic heterocycles. The van der Waals surface area contributed by atoms with Crippen molar-refractivity contribution < 1.29 is 151 Å². The summed E-state index contributed by atoms with van der Waals surface area (Å²) in [7, 11) is -14.4. The second kappa shape index (κ2) is 27.6. The average Bonchev–Trinajstić information content (AvgIpc) is 2.11. The van der Waals surface area contributed by atoms with Gasteiger partial charge < -0.3 is 28.4 Å². The first-order valence-electron chi connectivity index (χ1n) is 23.2.